The van der Waals surface area contributed by atoms with E-state index in [4.69, 9.17) is 9.47 Å². The monoisotopic (exact) mass is 285 g/mol. The number of hydrogen-bond acceptors (Lipinski definition) is 3. The van der Waals surface area contributed by atoms with E-state index >= 15 is 0 Å². The number of benzene rings is 2. The van der Waals surface area contributed by atoms with Gasteiger partial charge in [0.2, 0.25) is 0 Å². The number of carbonyl (C=O) groups is 1. The van der Waals surface area contributed by atoms with Crippen molar-refractivity contribution >= 4 is 6.09 Å². The minimum absolute atomic E-state index is 0.0579. The molecule has 2 aromatic carbocycles. The summed E-state index contributed by atoms with van der Waals surface area (Å²) in [5.41, 5.74) is 1.05. The normalized spacial score (nSPS) is 11.5. The molecule has 4 nitrogen and oxygen atoms in total. The number of carbonyl (C=O) groups excluding carboxylic acids is 1. The minimum Gasteiger partial charge on any atom is -0.496 e. The molecule has 2 aromatic rings. The molecule has 0 heterocycles. The van der Waals surface area contributed by atoms with E-state index in [0.717, 1.165) is 11.3 Å². The van der Waals surface area contributed by atoms with Crippen LogP contribution >= 0.6 is 0 Å². The van der Waals surface area contributed by atoms with Crippen LogP contribution in [0.4, 0.5) is 4.79 Å². The van der Waals surface area contributed by atoms with Crippen LogP contribution in [0.5, 0.6) is 11.5 Å². The Bertz CT molecular complexity index is 584. The van der Waals surface area contributed by atoms with Crippen LogP contribution in [0, 0.1) is 0 Å². The Morgan fingerprint density at radius 3 is 2.48 bits per heavy atom. The zero-order chi connectivity index (χ0) is 15.1. The SMILES string of the molecule is COc1ccccc1CC(C)NC(=O)Oc1ccccc1. The van der Waals surface area contributed by atoms with Crippen LogP contribution in [0.15, 0.2) is 54.6 Å². The number of ether oxygens (including phenoxy) is 2. The molecule has 110 valence electrons. The van der Waals surface area contributed by atoms with Crippen molar-refractivity contribution < 1.29 is 14.3 Å². The fraction of sp³-hybridized carbons (Fsp3) is 0.235. The standard InChI is InChI=1S/C17H19NO3/c1-13(12-14-8-6-7-11-16(14)20-2)18-17(19)21-15-9-4-3-5-10-15/h3-11,13H,12H2,1-2H3,(H,18,19). The van der Waals surface area contributed by atoms with Crippen molar-refractivity contribution in [3.8, 4) is 11.5 Å². The third kappa shape index (κ3) is 4.53. The Kier molecular flexibility index (Phi) is 5.21. The number of nitrogens with one attached hydrogen (secondary N) is 1. The predicted molar refractivity (Wildman–Crippen MR) is 81.8 cm³/mol. The van der Waals surface area contributed by atoms with E-state index in [0.29, 0.717) is 12.2 Å². The zero-order valence-electron chi connectivity index (χ0n) is 12.2. The van der Waals surface area contributed by atoms with Gasteiger partial charge in [0.15, 0.2) is 0 Å². The van der Waals surface area contributed by atoms with Gasteiger partial charge in [-0.2, -0.15) is 0 Å². The topological polar surface area (TPSA) is 47.6 Å². The molecule has 2 rings (SSSR count). The van der Waals surface area contributed by atoms with E-state index < -0.39 is 6.09 Å². The van der Waals surface area contributed by atoms with E-state index in [1.165, 1.54) is 0 Å². The van der Waals surface area contributed by atoms with Crippen molar-refractivity contribution in [1.29, 1.82) is 0 Å². The number of para-hydroxylation sites is 2. The largest absolute Gasteiger partial charge is 0.496 e. The molecule has 0 saturated heterocycles. The molecule has 0 aliphatic rings. The highest BCUT2D eigenvalue weighted by Crippen LogP contribution is 2.19. The smallest absolute Gasteiger partial charge is 0.412 e. The summed E-state index contributed by atoms with van der Waals surface area (Å²) >= 11 is 0. The van der Waals surface area contributed by atoms with Crippen molar-refractivity contribution in [2.75, 3.05) is 7.11 Å². The summed E-state index contributed by atoms with van der Waals surface area (Å²) in [7, 11) is 1.64. The average Bonchev–Trinajstić information content (AvgIpc) is 2.48. The van der Waals surface area contributed by atoms with Crippen LogP contribution in [-0.4, -0.2) is 19.2 Å². The molecule has 0 fully saturated rings. The van der Waals surface area contributed by atoms with E-state index in [-0.39, 0.29) is 6.04 Å². The highest BCUT2D eigenvalue weighted by atomic mass is 16.6. The minimum atomic E-state index is -0.455. The number of hydrogen-bond donors (Lipinski definition) is 1. The van der Waals surface area contributed by atoms with Crippen molar-refractivity contribution in [1.82, 2.24) is 5.32 Å². The molecule has 0 aromatic heterocycles. The predicted octanol–water partition coefficient (Wildman–Crippen LogP) is 3.41. The third-order valence-electron chi connectivity index (χ3n) is 3.04. The van der Waals surface area contributed by atoms with Gasteiger partial charge in [-0.1, -0.05) is 36.4 Å². The zero-order valence-corrected chi connectivity index (χ0v) is 12.2. The summed E-state index contributed by atoms with van der Waals surface area (Å²) in [5, 5.41) is 2.81. The lowest BCUT2D eigenvalue weighted by molar-refractivity contribution is 0.196. The van der Waals surface area contributed by atoms with Crippen LogP contribution in [0.3, 0.4) is 0 Å². The lowest BCUT2D eigenvalue weighted by atomic mass is 10.1. The average molecular weight is 285 g/mol. The molecule has 0 saturated carbocycles. The van der Waals surface area contributed by atoms with Crippen LogP contribution in [0.25, 0.3) is 0 Å². The summed E-state index contributed by atoms with van der Waals surface area (Å²) in [6, 6.07) is 16.7. The molecule has 0 bridgehead atoms. The first-order valence-corrected chi connectivity index (χ1v) is 6.84. The highest BCUT2D eigenvalue weighted by Gasteiger charge is 2.12. The van der Waals surface area contributed by atoms with E-state index in [9.17, 15) is 4.79 Å². The molecule has 0 aliphatic heterocycles. The van der Waals surface area contributed by atoms with Crippen molar-refractivity contribution in [2.24, 2.45) is 0 Å². The summed E-state index contributed by atoms with van der Waals surface area (Å²) < 4.78 is 10.5. The fourth-order valence-corrected chi connectivity index (χ4v) is 2.08. The van der Waals surface area contributed by atoms with Gasteiger partial charge < -0.3 is 14.8 Å². The Morgan fingerprint density at radius 2 is 1.76 bits per heavy atom. The van der Waals surface area contributed by atoms with Gasteiger partial charge in [0, 0.05) is 6.04 Å². The van der Waals surface area contributed by atoms with Gasteiger partial charge in [0.1, 0.15) is 11.5 Å². The van der Waals surface area contributed by atoms with E-state index in [1.54, 1.807) is 19.2 Å². The molecular weight excluding hydrogens is 266 g/mol. The van der Waals surface area contributed by atoms with E-state index in [2.05, 4.69) is 5.32 Å². The maximum atomic E-state index is 11.8. The van der Waals surface area contributed by atoms with Gasteiger partial charge in [-0.25, -0.2) is 4.79 Å². The second kappa shape index (κ2) is 7.33. The maximum absolute atomic E-state index is 11.8. The Labute approximate surface area is 124 Å². The summed E-state index contributed by atoms with van der Waals surface area (Å²) in [6.07, 6.45) is 0.220. The summed E-state index contributed by atoms with van der Waals surface area (Å²) in [6.45, 7) is 1.93. The molecule has 21 heavy (non-hydrogen) atoms. The van der Waals surface area contributed by atoms with Crippen LogP contribution in [0.2, 0.25) is 0 Å². The van der Waals surface area contributed by atoms with Gasteiger partial charge in [-0.15, -0.1) is 0 Å². The van der Waals surface area contributed by atoms with Gasteiger partial charge >= 0.3 is 6.09 Å². The Hall–Kier alpha value is -2.49. The second-order valence-electron chi connectivity index (χ2n) is 4.76. The molecule has 0 radical (unpaired) electrons. The lowest BCUT2D eigenvalue weighted by Gasteiger charge is -2.15. The first kappa shape index (κ1) is 14.9. The second-order valence-corrected chi connectivity index (χ2v) is 4.76. The molecular formula is C17H19NO3. The molecule has 1 N–H and O–H groups in total. The number of amides is 1. The van der Waals surface area contributed by atoms with Gasteiger partial charge in [-0.3, -0.25) is 0 Å². The van der Waals surface area contributed by atoms with Gasteiger partial charge in [-0.05, 0) is 37.1 Å². The summed E-state index contributed by atoms with van der Waals surface area (Å²) in [5.74, 6) is 1.35. The van der Waals surface area contributed by atoms with Crippen LogP contribution < -0.4 is 14.8 Å². The first-order chi connectivity index (χ1) is 10.2. The molecule has 0 spiro atoms. The first-order valence-electron chi connectivity index (χ1n) is 6.84. The maximum Gasteiger partial charge on any atom is 0.412 e. The fourth-order valence-electron chi connectivity index (χ4n) is 2.08. The lowest BCUT2D eigenvalue weighted by Crippen LogP contribution is -2.36. The van der Waals surface area contributed by atoms with Crippen molar-refractivity contribution in [3.05, 3.63) is 60.2 Å². The molecule has 0 aliphatic carbocycles. The van der Waals surface area contributed by atoms with Crippen molar-refractivity contribution in [3.63, 3.8) is 0 Å². The molecule has 1 atom stereocenters. The quantitative estimate of drug-likeness (QED) is 0.915. The third-order valence-corrected chi connectivity index (χ3v) is 3.04. The van der Waals surface area contributed by atoms with Crippen molar-refractivity contribution in [2.45, 2.75) is 19.4 Å². The van der Waals surface area contributed by atoms with Crippen LogP contribution in [0.1, 0.15) is 12.5 Å². The number of methoxy groups -OCH3 is 1. The van der Waals surface area contributed by atoms with Gasteiger partial charge in [0.25, 0.3) is 0 Å². The molecule has 1 unspecified atom stereocenters. The van der Waals surface area contributed by atoms with Gasteiger partial charge in [0.05, 0.1) is 7.11 Å². The summed E-state index contributed by atoms with van der Waals surface area (Å²) in [4.78, 5) is 11.8. The molecule has 4 heteroatoms. The highest BCUT2D eigenvalue weighted by molar-refractivity contribution is 5.70. The van der Waals surface area contributed by atoms with E-state index in [1.807, 2.05) is 49.4 Å². The number of rotatable bonds is 5. The Morgan fingerprint density at radius 1 is 1.10 bits per heavy atom. The molecule has 1 amide bonds. The van der Waals surface area contributed by atoms with Crippen LogP contribution in [-0.2, 0) is 6.42 Å². The Balaban J connectivity index is 1.89.